The molecule has 1 spiro atoms. The van der Waals surface area contributed by atoms with E-state index in [2.05, 4.69) is 27.4 Å². The van der Waals surface area contributed by atoms with E-state index < -0.39 is 39.2 Å². The molecule has 2 aliphatic heterocycles. The largest absolute Gasteiger partial charge is 0.489 e. The predicted molar refractivity (Wildman–Crippen MR) is 195 cm³/mol. The highest BCUT2D eigenvalue weighted by atomic mass is 32.2. The Morgan fingerprint density at radius 3 is 2.51 bits per heavy atom. The van der Waals surface area contributed by atoms with Crippen LogP contribution >= 0.6 is 11.3 Å². The Balaban J connectivity index is 1.16. The van der Waals surface area contributed by atoms with Crippen molar-refractivity contribution in [3.63, 3.8) is 0 Å². The van der Waals surface area contributed by atoms with Crippen LogP contribution in [0.25, 0.3) is 10.1 Å². The number of carbonyl (C=O) groups excluding carboxylic acids is 1. The summed E-state index contributed by atoms with van der Waals surface area (Å²) in [6.45, 7) is 5.00. The van der Waals surface area contributed by atoms with Crippen LogP contribution in [-0.2, 0) is 30.7 Å². The molecule has 3 aliphatic rings. The van der Waals surface area contributed by atoms with Crippen molar-refractivity contribution in [1.29, 1.82) is 0 Å². The molecule has 53 heavy (non-hydrogen) atoms. The number of nitrogens with one attached hydrogen (secondary N) is 3. The first kappa shape index (κ1) is 39.1. The second kappa shape index (κ2) is 16.4. The number of thiophene rings is 1. The third-order valence-electron chi connectivity index (χ3n) is 10.1. The van der Waals surface area contributed by atoms with Crippen LogP contribution in [0.1, 0.15) is 55.9 Å². The highest BCUT2D eigenvalue weighted by molar-refractivity contribution is 7.90. The van der Waals surface area contributed by atoms with Gasteiger partial charge in [-0.2, -0.15) is 13.2 Å². The van der Waals surface area contributed by atoms with Gasteiger partial charge >= 0.3 is 6.18 Å². The first-order valence-corrected chi connectivity index (χ1v) is 20.0. The van der Waals surface area contributed by atoms with Crippen LogP contribution < -0.4 is 20.1 Å². The molecular weight excluding hydrogens is 737 g/mol. The number of nitrogens with zero attached hydrogens (tertiary/aromatic N) is 1. The Hall–Kier alpha value is -3.62. The number of rotatable bonds is 12. The number of hydrogen-bond acceptors (Lipinski definition) is 10. The summed E-state index contributed by atoms with van der Waals surface area (Å²) in [5.74, 6) is 3.64. The van der Waals surface area contributed by atoms with E-state index in [0.29, 0.717) is 21.5 Å². The van der Waals surface area contributed by atoms with Gasteiger partial charge in [0.2, 0.25) is 5.91 Å². The molecule has 3 N–H and O–H groups in total. The number of amides is 1. The highest BCUT2D eigenvalue weighted by Gasteiger charge is 2.46. The van der Waals surface area contributed by atoms with Gasteiger partial charge in [-0.1, -0.05) is 24.0 Å². The molecule has 1 aliphatic carbocycles. The van der Waals surface area contributed by atoms with Crippen molar-refractivity contribution in [3.05, 3.63) is 46.6 Å². The summed E-state index contributed by atoms with van der Waals surface area (Å²) in [6.07, 6.45) is 0.773. The van der Waals surface area contributed by atoms with E-state index in [4.69, 9.17) is 14.2 Å². The molecule has 288 valence electrons. The number of halogens is 4. The molecule has 1 saturated carbocycles. The summed E-state index contributed by atoms with van der Waals surface area (Å²) in [5, 5.41) is 7.01. The quantitative estimate of drug-likeness (QED) is 0.111. The van der Waals surface area contributed by atoms with Crippen molar-refractivity contribution in [1.82, 2.24) is 9.62 Å². The molecule has 6 rings (SSSR count). The van der Waals surface area contributed by atoms with Gasteiger partial charge in [0.05, 0.1) is 40.5 Å². The standard InChI is InChI=1S/C37H44F4N4O6S2/c1-24(46)44-53(47,48)34-20-32(51-18-17-49-2)31(19-29(34)38)42-14-4-7-33-28(21-37(39,40)41)27-5-3-6-30(35(27)52-33)43-25-8-10-26(11-9-25)45-22-36(23-45)12-15-50-16-13-36/h3,5-6,19-20,25-26,42-43H,8-18,21-23H2,1-2H3,(H,44,46). The monoisotopic (exact) mass is 780 g/mol. The van der Waals surface area contributed by atoms with Gasteiger partial charge in [0.15, 0.2) is 0 Å². The lowest BCUT2D eigenvalue weighted by atomic mass is 9.71. The van der Waals surface area contributed by atoms with E-state index in [-0.39, 0.29) is 47.7 Å². The van der Waals surface area contributed by atoms with E-state index in [9.17, 15) is 26.4 Å². The maximum absolute atomic E-state index is 15.0. The van der Waals surface area contributed by atoms with Crippen molar-refractivity contribution in [2.45, 2.75) is 75.0 Å². The van der Waals surface area contributed by atoms with E-state index in [1.807, 2.05) is 6.07 Å². The number of likely N-dealkylation sites (tertiary alicyclic amines) is 1. The molecule has 16 heteroatoms. The Bertz CT molecular complexity index is 1950. The second-order valence-corrected chi connectivity index (χ2v) is 16.7. The van der Waals surface area contributed by atoms with Crippen LogP contribution in [0.5, 0.6) is 5.75 Å². The average molecular weight is 781 g/mol. The zero-order chi connectivity index (χ0) is 37.8. The molecule has 0 bridgehead atoms. The minimum absolute atomic E-state index is 0.00221. The normalized spacial score (nSPS) is 20.3. The lowest BCUT2D eigenvalue weighted by Gasteiger charge is -2.56. The number of methoxy groups -OCH3 is 1. The first-order chi connectivity index (χ1) is 25.3. The van der Waals surface area contributed by atoms with E-state index >= 15 is 4.39 Å². The molecule has 10 nitrogen and oxygen atoms in total. The van der Waals surface area contributed by atoms with E-state index in [0.717, 1.165) is 89.6 Å². The predicted octanol–water partition coefficient (Wildman–Crippen LogP) is 6.29. The minimum atomic E-state index is -4.52. The zero-order valence-electron chi connectivity index (χ0n) is 29.7. The van der Waals surface area contributed by atoms with Gasteiger partial charge in [-0.15, -0.1) is 11.3 Å². The molecule has 2 saturated heterocycles. The van der Waals surface area contributed by atoms with Gasteiger partial charge in [0.1, 0.15) is 23.1 Å². The number of sulfonamides is 1. The van der Waals surface area contributed by atoms with Crippen LogP contribution in [0.3, 0.4) is 0 Å². The van der Waals surface area contributed by atoms with Gasteiger partial charge in [-0.3, -0.25) is 9.69 Å². The Kier molecular flexibility index (Phi) is 12.1. The fraction of sp³-hybridized carbons (Fsp3) is 0.541. The minimum Gasteiger partial charge on any atom is -0.489 e. The Morgan fingerprint density at radius 1 is 1.09 bits per heavy atom. The summed E-state index contributed by atoms with van der Waals surface area (Å²) in [7, 11) is -3.08. The van der Waals surface area contributed by atoms with Gasteiger partial charge in [0, 0.05) is 70.0 Å². The van der Waals surface area contributed by atoms with Crippen LogP contribution in [0, 0.1) is 23.1 Å². The van der Waals surface area contributed by atoms with Crippen LogP contribution in [0.4, 0.5) is 28.9 Å². The molecular formula is C37H44F4N4O6S2. The third kappa shape index (κ3) is 9.55. The van der Waals surface area contributed by atoms with Crippen LogP contribution in [-0.4, -0.2) is 90.7 Å². The molecule has 3 aromatic rings. The van der Waals surface area contributed by atoms with Crippen LogP contribution in [0.2, 0.25) is 0 Å². The van der Waals surface area contributed by atoms with E-state index in [1.165, 1.54) is 18.4 Å². The number of ether oxygens (including phenoxy) is 3. The van der Waals surface area contributed by atoms with Crippen molar-refractivity contribution in [2.24, 2.45) is 5.41 Å². The number of hydrogen-bond donors (Lipinski definition) is 3. The van der Waals surface area contributed by atoms with E-state index in [1.54, 1.807) is 16.9 Å². The summed E-state index contributed by atoms with van der Waals surface area (Å²) < 4.78 is 100. The topological polar surface area (TPSA) is 118 Å². The Labute approximate surface area is 311 Å². The maximum atomic E-state index is 15.0. The zero-order valence-corrected chi connectivity index (χ0v) is 31.3. The highest BCUT2D eigenvalue weighted by Crippen LogP contribution is 2.44. The van der Waals surface area contributed by atoms with Gasteiger partial charge in [0.25, 0.3) is 10.0 Å². The fourth-order valence-corrected chi connectivity index (χ4v) is 9.74. The first-order valence-electron chi connectivity index (χ1n) is 17.7. The molecule has 1 amide bonds. The summed E-state index contributed by atoms with van der Waals surface area (Å²) >= 11 is 1.20. The van der Waals surface area contributed by atoms with Crippen molar-refractivity contribution in [3.8, 4) is 17.6 Å². The smallest absolute Gasteiger partial charge is 0.393 e. The lowest BCUT2D eigenvalue weighted by molar-refractivity contribution is -0.127. The average Bonchev–Trinajstić information content (AvgIpc) is 3.43. The number of fused-ring (bicyclic) bond motifs is 1. The second-order valence-electron chi connectivity index (χ2n) is 14.0. The number of anilines is 2. The fourth-order valence-electron chi connectivity index (χ4n) is 7.50. The SMILES string of the molecule is COCCOc1cc(S(=O)(=O)NC(C)=O)c(F)cc1NCC#Cc1sc2c(NC3CCC(N4CC5(CCOCC5)C4)CC3)cccc2c1CC(F)(F)F. The molecule has 3 heterocycles. The summed E-state index contributed by atoms with van der Waals surface area (Å²) in [5.41, 5.74) is 1.37. The van der Waals surface area contributed by atoms with Crippen molar-refractivity contribution in [2.75, 3.05) is 63.8 Å². The molecule has 1 aromatic heterocycles. The number of benzene rings is 2. The third-order valence-corrected chi connectivity index (χ3v) is 12.8. The van der Waals surface area contributed by atoms with Crippen LogP contribution in [0.15, 0.2) is 35.2 Å². The van der Waals surface area contributed by atoms with Gasteiger partial charge in [-0.05, 0) is 55.5 Å². The summed E-state index contributed by atoms with van der Waals surface area (Å²) in [4.78, 5) is 13.5. The maximum Gasteiger partial charge on any atom is 0.393 e. The van der Waals surface area contributed by atoms with Crippen molar-refractivity contribution >= 4 is 48.7 Å². The number of carbonyl (C=O) groups is 1. The number of alkyl halides is 3. The van der Waals surface area contributed by atoms with Gasteiger partial charge < -0.3 is 24.8 Å². The molecule has 2 aromatic carbocycles. The van der Waals surface area contributed by atoms with Crippen molar-refractivity contribution < 1.29 is 45.0 Å². The van der Waals surface area contributed by atoms with Gasteiger partial charge in [-0.25, -0.2) is 17.5 Å². The molecule has 3 fully saturated rings. The Morgan fingerprint density at radius 2 is 1.83 bits per heavy atom. The molecule has 0 radical (unpaired) electrons. The summed E-state index contributed by atoms with van der Waals surface area (Å²) in [6, 6.07) is 7.97. The lowest BCUT2D eigenvalue weighted by Crippen LogP contribution is -2.62. The molecule has 0 atom stereocenters. The molecule has 0 unspecified atom stereocenters.